The summed E-state index contributed by atoms with van der Waals surface area (Å²) < 4.78 is 0. The van der Waals surface area contributed by atoms with E-state index < -0.39 is 0 Å². The summed E-state index contributed by atoms with van der Waals surface area (Å²) in [5.74, 6) is 0. The SMILES string of the molecule is C=C1CCN2CCC[C@]12CC. The van der Waals surface area contributed by atoms with Crippen LogP contribution in [0.5, 0.6) is 0 Å². The predicted molar refractivity (Wildman–Crippen MR) is 47.6 cm³/mol. The van der Waals surface area contributed by atoms with E-state index in [1.165, 1.54) is 44.3 Å². The highest BCUT2D eigenvalue weighted by molar-refractivity contribution is 5.24. The van der Waals surface area contributed by atoms with Crippen LogP contribution in [0.1, 0.15) is 32.6 Å². The van der Waals surface area contributed by atoms with Gasteiger partial charge in [-0.15, -0.1) is 0 Å². The quantitative estimate of drug-likeness (QED) is 0.519. The molecule has 2 saturated heterocycles. The van der Waals surface area contributed by atoms with Crippen LogP contribution in [-0.2, 0) is 0 Å². The maximum Gasteiger partial charge on any atom is 0.0416 e. The molecule has 0 aromatic heterocycles. The molecule has 0 aliphatic carbocycles. The lowest BCUT2D eigenvalue weighted by molar-refractivity contribution is 0.218. The highest BCUT2D eigenvalue weighted by atomic mass is 15.2. The number of hydrogen-bond acceptors (Lipinski definition) is 1. The van der Waals surface area contributed by atoms with Crippen molar-refractivity contribution in [3.05, 3.63) is 12.2 Å². The first-order valence-electron chi connectivity index (χ1n) is 4.73. The third kappa shape index (κ3) is 0.807. The molecule has 0 saturated carbocycles. The monoisotopic (exact) mass is 151 g/mol. The average Bonchev–Trinajstić information content (AvgIpc) is 2.53. The van der Waals surface area contributed by atoms with Crippen LogP contribution in [0.3, 0.4) is 0 Å². The number of nitrogens with zero attached hydrogens (tertiary/aromatic N) is 1. The fraction of sp³-hybridized carbons (Fsp3) is 0.800. The Labute approximate surface area is 69.1 Å². The van der Waals surface area contributed by atoms with Crippen LogP contribution < -0.4 is 0 Å². The van der Waals surface area contributed by atoms with Gasteiger partial charge in [-0.2, -0.15) is 0 Å². The van der Waals surface area contributed by atoms with E-state index in [-0.39, 0.29) is 0 Å². The van der Waals surface area contributed by atoms with Crippen LogP contribution in [0.2, 0.25) is 0 Å². The van der Waals surface area contributed by atoms with E-state index in [0.29, 0.717) is 5.54 Å². The van der Waals surface area contributed by atoms with Crippen LogP contribution in [-0.4, -0.2) is 23.5 Å². The summed E-state index contributed by atoms with van der Waals surface area (Å²) in [5.41, 5.74) is 1.94. The highest BCUT2D eigenvalue weighted by Gasteiger charge is 2.44. The Morgan fingerprint density at radius 3 is 3.00 bits per heavy atom. The third-order valence-corrected chi connectivity index (χ3v) is 3.55. The first kappa shape index (κ1) is 7.35. The van der Waals surface area contributed by atoms with Gasteiger partial charge in [0.2, 0.25) is 0 Å². The zero-order valence-electron chi connectivity index (χ0n) is 7.40. The van der Waals surface area contributed by atoms with Crippen molar-refractivity contribution in [1.82, 2.24) is 4.90 Å². The van der Waals surface area contributed by atoms with Crippen LogP contribution in [0.25, 0.3) is 0 Å². The Morgan fingerprint density at radius 1 is 1.55 bits per heavy atom. The molecule has 0 unspecified atom stereocenters. The summed E-state index contributed by atoms with van der Waals surface area (Å²) in [6, 6.07) is 0. The molecule has 0 N–H and O–H groups in total. The number of fused-ring (bicyclic) bond motifs is 1. The van der Waals surface area contributed by atoms with E-state index in [4.69, 9.17) is 0 Å². The van der Waals surface area contributed by atoms with Crippen molar-refractivity contribution in [2.24, 2.45) is 0 Å². The Balaban J connectivity index is 2.29. The minimum atomic E-state index is 0.444. The highest BCUT2D eigenvalue weighted by Crippen LogP contribution is 2.43. The maximum atomic E-state index is 4.20. The molecule has 0 aromatic carbocycles. The van der Waals surface area contributed by atoms with Gasteiger partial charge in [0.05, 0.1) is 0 Å². The Kier molecular flexibility index (Phi) is 1.57. The molecular formula is C10H17N. The summed E-state index contributed by atoms with van der Waals surface area (Å²) in [5, 5.41) is 0. The molecular weight excluding hydrogens is 134 g/mol. The molecule has 1 nitrogen and oxygen atoms in total. The average molecular weight is 151 g/mol. The molecule has 2 rings (SSSR count). The van der Waals surface area contributed by atoms with Crippen molar-refractivity contribution in [1.29, 1.82) is 0 Å². The Hall–Kier alpha value is -0.300. The van der Waals surface area contributed by atoms with Gasteiger partial charge in [-0.1, -0.05) is 19.1 Å². The molecule has 2 heterocycles. The second-order valence-corrected chi connectivity index (χ2v) is 3.83. The van der Waals surface area contributed by atoms with E-state index in [1.807, 2.05) is 0 Å². The molecule has 2 aliphatic rings. The van der Waals surface area contributed by atoms with Crippen molar-refractivity contribution in [2.75, 3.05) is 13.1 Å². The number of rotatable bonds is 1. The molecule has 2 fully saturated rings. The van der Waals surface area contributed by atoms with Crippen LogP contribution in [0.15, 0.2) is 12.2 Å². The van der Waals surface area contributed by atoms with E-state index in [1.54, 1.807) is 0 Å². The van der Waals surface area contributed by atoms with E-state index in [2.05, 4.69) is 18.4 Å². The van der Waals surface area contributed by atoms with Crippen molar-refractivity contribution >= 4 is 0 Å². The fourth-order valence-corrected chi connectivity index (χ4v) is 2.81. The van der Waals surface area contributed by atoms with Crippen LogP contribution in [0, 0.1) is 0 Å². The summed E-state index contributed by atoms with van der Waals surface area (Å²) in [6.07, 6.45) is 5.26. The van der Waals surface area contributed by atoms with Gasteiger partial charge in [-0.25, -0.2) is 0 Å². The van der Waals surface area contributed by atoms with Gasteiger partial charge in [0, 0.05) is 12.1 Å². The first-order valence-corrected chi connectivity index (χ1v) is 4.73. The molecule has 1 heteroatoms. The Bertz CT molecular complexity index is 185. The lowest BCUT2D eigenvalue weighted by Gasteiger charge is -2.31. The lowest BCUT2D eigenvalue weighted by atomic mass is 9.87. The van der Waals surface area contributed by atoms with Crippen molar-refractivity contribution < 1.29 is 0 Å². The molecule has 11 heavy (non-hydrogen) atoms. The van der Waals surface area contributed by atoms with Crippen molar-refractivity contribution in [2.45, 2.75) is 38.1 Å². The zero-order chi connectivity index (χ0) is 7.90. The normalized spacial score (nSPS) is 38.1. The van der Waals surface area contributed by atoms with Gasteiger partial charge in [0.15, 0.2) is 0 Å². The van der Waals surface area contributed by atoms with Crippen molar-refractivity contribution in [3.8, 4) is 0 Å². The number of hydrogen-bond donors (Lipinski definition) is 0. The van der Waals surface area contributed by atoms with E-state index in [0.717, 1.165) is 0 Å². The molecule has 0 amide bonds. The molecule has 0 radical (unpaired) electrons. The minimum Gasteiger partial charge on any atom is -0.294 e. The summed E-state index contributed by atoms with van der Waals surface area (Å²) >= 11 is 0. The summed E-state index contributed by atoms with van der Waals surface area (Å²) in [7, 11) is 0. The third-order valence-electron chi connectivity index (χ3n) is 3.55. The molecule has 1 atom stereocenters. The topological polar surface area (TPSA) is 3.24 Å². The van der Waals surface area contributed by atoms with Gasteiger partial charge < -0.3 is 0 Å². The van der Waals surface area contributed by atoms with Crippen LogP contribution in [0.4, 0.5) is 0 Å². The first-order chi connectivity index (χ1) is 5.29. The zero-order valence-corrected chi connectivity index (χ0v) is 7.40. The summed E-state index contributed by atoms with van der Waals surface area (Å²) in [6.45, 7) is 9.08. The minimum absolute atomic E-state index is 0.444. The van der Waals surface area contributed by atoms with Gasteiger partial charge in [0.1, 0.15) is 0 Å². The Morgan fingerprint density at radius 2 is 2.36 bits per heavy atom. The van der Waals surface area contributed by atoms with Gasteiger partial charge in [-0.05, 0) is 32.2 Å². The molecule has 0 bridgehead atoms. The largest absolute Gasteiger partial charge is 0.294 e. The van der Waals surface area contributed by atoms with E-state index >= 15 is 0 Å². The smallest absolute Gasteiger partial charge is 0.0416 e. The van der Waals surface area contributed by atoms with Crippen LogP contribution >= 0.6 is 0 Å². The second kappa shape index (κ2) is 2.34. The molecule has 2 aliphatic heterocycles. The van der Waals surface area contributed by atoms with Crippen molar-refractivity contribution in [3.63, 3.8) is 0 Å². The maximum absolute atomic E-state index is 4.20. The fourth-order valence-electron chi connectivity index (χ4n) is 2.81. The van der Waals surface area contributed by atoms with Gasteiger partial charge in [0.25, 0.3) is 0 Å². The van der Waals surface area contributed by atoms with E-state index in [9.17, 15) is 0 Å². The van der Waals surface area contributed by atoms with Gasteiger partial charge in [-0.3, -0.25) is 4.90 Å². The second-order valence-electron chi connectivity index (χ2n) is 3.83. The standard InChI is InChI=1S/C10H17N/c1-3-10-6-4-7-11(10)8-5-9(10)2/h2-8H2,1H3/t10-/m1/s1. The summed E-state index contributed by atoms with van der Waals surface area (Å²) in [4.78, 5) is 2.63. The lowest BCUT2D eigenvalue weighted by Crippen LogP contribution is -2.38. The molecule has 0 spiro atoms. The molecule has 62 valence electrons. The predicted octanol–water partition coefficient (Wildman–Crippen LogP) is 2.19. The van der Waals surface area contributed by atoms with Gasteiger partial charge >= 0.3 is 0 Å². The molecule has 0 aromatic rings.